The Hall–Kier alpha value is -3.03. The fourth-order valence-electron chi connectivity index (χ4n) is 1.93. The van der Waals surface area contributed by atoms with E-state index in [1.54, 1.807) is 51.2 Å². The molecule has 8 nitrogen and oxygen atoms in total. The van der Waals surface area contributed by atoms with Crippen molar-refractivity contribution < 1.29 is 19.4 Å². The predicted molar refractivity (Wildman–Crippen MR) is 88.7 cm³/mol. The summed E-state index contributed by atoms with van der Waals surface area (Å²) in [6.07, 6.45) is 0.0236. The van der Waals surface area contributed by atoms with E-state index in [1.165, 1.54) is 0 Å². The van der Waals surface area contributed by atoms with Gasteiger partial charge in [0.2, 0.25) is 0 Å². The van der Waals surface area contributed by atoms with Crippen LogP contribution >= 0.6 is 0 Å². The van der Waals surface area contributed by atoms with E-state index in [9.17, 15) is 9.59 Å². The Kier molecular flexibility index (Phi) is 5.08. The van der Waals surface area contributed by atoms with E-state index < -0.39 is 17.8 Å². The first-order valence-corrected chi connectivity index (χ1v) is 7.34. The number of amides is 2. The van der Waals surface area contributed by atoms with Gasteiger partial charge in [0.15, 0.2) is 0 Å². The summed E-state index contributed by atoms with van der Waals surface area (Å²) in [6, 6.07) is 6.85. The van der Waals surface area contributed by atoms with Gasteiger partial charge in [0, 0.05) is 5.69 Å². The largest absolute Gasteiger partial charge is 0.465 e. The lowest BCUT2D eigenvalue weighted by Crippen LogP contribution is -2.32. The number of H-pyrrole nitrogens is 1. The predicted octanol–water partition coefficient (Wildman–Crippen LogP) is 3.19. The first-order chi connectivity index (χ1) is 11.2. The number of carbonyl (C=O) groups is 2. The van der Waals surface area contributed by atoms with E-state index in [4.69, 9.17) is 9.84 Å². The van der Waals surface area contributed by atoms with E-state index in [1.807, 2.05) is 0 Å². The minimum absolute atomic E-state index is 0.216. The summed E-state index contributed by atoms with van der Waals surface area (Å²) in [5.41, 5.74) is 1.54. The van der Waals surface area contributed by atoms with E-state index in [0.29, 0.717) is 11.5 Å². The topological polar surface area (TPSA) is 116 Å². The normalized spacial score (nSPS) is 11.0. The number of imidazole rings is 1. The number of nitrogens with zero attached hydrogens (tertiary/aromatic N) is 1. The monoisotopic (exact) mass is 332 g/mol. The van der Waals surface area contributed by atoms with Gasteiger partial charge in [0.25, 0.3) is 0 Å². The van der Waals surface area contributed by atoms with Crippen molar-refractivity contribution in [2.24, 2.45) is 0 Å². The van der Waals surface area contributed by atoms with Gasteiger partial charge in [0.05, 0.1) is 18.4 Å². The lowest BCUT2D eigenvalue weighted by atomic mass is 10.1. The number of aromatic amines is 1. The number of benzene rings is 1. The first-order valence-electron chi connectivity index (χ1n) is 7.34. The van der Waals surface area contributed by atoms with Crippen molar-refractivity contribution in [3.63, 3.8) is 0 Å². The molecule has 4 N–H and O–H groups in total. The molecule has 0 fully saturated rings. The number of carboxylic acid groups (broad SMARTS) is 1. The van der Waals surface area contributed by atoms with Crippen LogP contribution in [0.5, 0.6) is 0 Å². The van der Waals surface area contributed by atoms with Crippen LogP contribution in [0.4, 0.5) is 15.3 Å². The summed E-state index contributed by atoms with van der Waals surface area (Å²) in [6.45, 7) is 5.59. The third-order valence-corrected chi connectivity index (χ3v) is 2.87. The Morgan fingerprint density at radius 3 is 2.50 bits per heavy atom. The minimum atomic E-state index is -1.11. The number of ether oxygens (including phenoxy) is 1. The Morgan fingerprint density at radius 1 is 1.25 bits per heavy atom. The Labute approximate surface area is 139 Å². The smallest absolute Gasteiger partial charge is 0.409 e. The third-order valence-electron chi connectivity index (χ3n) is 2.87. The van der Waals surface area contributed by atoms with Crippen molar-refractivity contribution in [2.75, 3.05) is 5.32 Å². The number of rotatable bonds is 4. The second-order valence-electron chi connectivity index (χ2n) is 6.11. The molecule has 0 spiro atoms. The van der Waals surface area contributed by atoms with Crippen LogP contribution < -0.4 is 10.6 Å². The zero-order valence-electron chi connectivity index (χ0n) is 13.7. The van der Waals surface area contributed by atoms with Crippen LogP contribution in [0.2, 0.25) is 0 Å². The van der Waals surface area contributed by atoms with Gasteiger partial charge in [-0.15, -0.1) is 0 Å². The average molecular weight is 332 g/mol. The zero-order chi connectivity index (χ0) is 17.7. The molecular weight excluding hydrogens is 312 g/mol. The van der Waals surface area contributed by atoms with Gasteiger partial charge in [-0.1, -0.05) is 12.1 Å². The van der Waals surface area contributed by atoms with Gasteiger partial charge in [-0.05, 0) is 38.5 Å². The van der Waals surface area contributed by atoms with Crippen LogP contribution in [0.3, 0.4) is 0 Å². The second-order valence-corrected chi connectivity index (χ2v) is 6.11. The highest BCUT2D eigenvalue weighted by Crippen LogP contribution is 2.19. The lowest BCUT2D eigenvalue weighted by molar-refractivity contribution is 0.0522. The molecule has 0 aliphatic heterocycles. The maximum Gasteiger partial charge on any atom is 0.409 e. The van der Waals surface area contributed by atoms with Crippen LogP contribution in [0.15, 0.2) is 30.5 Å². The van der Waals surface area contributed by atoms with E-state index in [0.717, 1.165) is 11.3 Å². The molecule has 0 aliphatic rings. The summed E-state index contributed by atoms with van der Waals surface area (Å²) in [5.74, 6) is 0.587. The number of anilines is 1. The SMILES string of the molecule is CC(C)(C)OC(=O)NCc1ncc(-c2ccc(NC(=O)O)cc2)[nH]1. The molecule has 1 heterocycles. The zero-order valence-corrected chi connectivity index (χ0v) is 13.7. The van der Waals surface area contributed by atoms with Crippen molar-refractivity contribution in [2.45, 2.75) is 32.9 Å². The van der Waals surface area contributed by atoms with E-state index >= 15 is 0 Å². The van der Waals surface area contributed by atoms with Gasteiger partial charge in [0.1, 0.15) is 11.4 Å². The van der Waals surface area contributed by atoms with Crippen LogP contribution in [0.1, 0.15) is 26.6 Å². The van der Waals surface area contributed by atoms with Crippen LogP contribution in [-0.2, 0) is 11.3 Å². The van der Waals surface area contributed by atoms with Crippen molar-refractivity contribution in [1.29, 1.82) is 0 Å². The lowest BCUT2D eigenvalue weighted by Gasteiger charge is -2.19. The van der Waals surface area contributed by atoms with E-state index in [2.05, 4.69) is 20.6 Å². The standard InChI is InChI=1S/C16H20N4O4/c1-16(2,3)24-15(23)18-9-13-17-8-12(20-13)10-4-6-11(7-5-10)19-14(21)22/h4-8,19H,9H2,1-3H3,(H,17,20)(H,18,23)(H,21,22). The quantitative estimate of drug-likeness (QED) is 0.686. The molecular formula is C16H20N4O4. The fraction of sp³-hybridized carbons (Fsp3) is 0.312. The molecule has 24 heavy (non-hydrogen) atoms. The van der Waals surface area contributed by atoms with E-state index in [-0.39, 0.29) is 6.54 Å². The molecule has 8 heteroatoms. The molecule has 0 saturated carbocycles. The number of nitrogens with one attached hydrogen (secondary N) is 3. The molecule has 2 rings (SSSR count). The van der Waals surface area contributed by atoms with Gasteiger partial charge in [-0.3, -0.25) is 5.32 Å². The molecule has 0 atom stereocenters. The van der Waals surface area contributed by atoms with Crippen molar-refractivity contribution >= 4 is 17.9 Å². The number of hydrogen-bond acceptors (Lipinski definition) is 4. The summed E-state index contributed by atoms with van der Waals surface area (Å²) in [5, 5.41) is 13.5. The first kappa shape index (κ1) is 17.3. The molecule has 2 aromatic rings. The molecule has 0 saturated heterocycles. The summed E-state index contributed by atoms with van der Waals surface area (Å²) < 4.78 is 5.15. The number of alkyl carbamates (subject to hydrolysis) is 1. The maximum absolute atomic E-state index is 11.6. The van der Waals surface area contributed by atoms with Gasteiger partial charge >= 0.3 is 12.2 Å². The van der Waals surface area contributed by atoms with Crippen LogP contribution in [-0.4, -0.2) is 32.9 Å². The Balaban J connectivity index is 1.95. The highest BCUT2D eigenvalue weighted by molar-refractivity contribution is 5.83. The molecule has 0 radical (unpaired) electrons. The Bertz CT molecular complexity index is 716. The molecule has 0 unspecified atom stereocenters. The number of aromatic nitrogens is 2. The average Bonchev–Trinajstić information content (AvgIpc) is 2.92. The second kappa shape index (κ2) is 7.03. The van der Waals surface area contributed by atoms with Gasteiger partial charge in [-0.25, -0.2) is 14.6 Å². The molecule has 128 valence electrons. The van der Waals surface area contributed by atoms with Crippen LogP contribution in [0.25, 0.3) is 11.3 Å². The fourth-order valence-corrected chi connectivity index (χ4v) is 1.93. The molecule has 0 aliphatic carbocycles. The summed E-state index contributed by atoms with van der Waals surface area (Å²) in [7, 11) is 0. The molecule has 2 amide bonds. The number of hydrogen-bond donors (Lipinski definition) is 4. The third kappa shape index (κ3) is 5.31. The summed E-state index contributed by atoms with van der Waals surface area (Å²) >= 11 is 0. The molecule has 1 aromatic carbocycles. The van der Waals surface area contributed by atoms with Gasteiger partial charge < -0.3 is 20.1 Å². The maximum atomic E-state index is 11.6. The number of carbonyl (C=O) groups excluding carboxylic acids is 1. The highest BCUT2D eigenvalue weighted by atomic mass is 16.6. The van der Waals surface area contributed by atoms with Crippen LogP contribution in [0, 0.1) is 0 Å². The van der Waals surface area contributed by atoms with Gasteiger partial charge in [-0.2, -0.15) is 0 Å². The molecule has 0 bridgehead atoms. The molecule has 1 aromatic heterocycles. The Morgan fingerprint density at radius 2 is 1.92 bits per heavy atom. The van der Waals surface area contributed by atoms with Crippen molar-refractivity contribution in [3.05, 3.63) is 36.3 Å². The minimum Gasteiger partial charge on any atom is -0.465 e. The van der Waals surface area contributed by atoms with Crippen molar-refractivity contribution in [3.8, 4) is 11.3 Å². The van der Waals surface area contributed by atoms with Crippen molar-refractivity contribution in [1.82, 2.24) is 15.3 Å². The summed E-state index contributed by atoms with van der Waals surface area (Å²) in [4.78, 5) is 29.5. The highest BCUT2D eigenvalue weighted by Gasteiger charge is 2.16.